The fourth-order valence-electron chi connectivity index (χ4n) is 13.2. The molecule has 0 aliphatic carbocycles. The zero-order valence-electron chi connectivity index (χ0n) is 57.8. The predicted octanol–water partition coefficient (Wildman–Crippen LogP) is 11.2. The van der Waals surface area contributed by atoms with Gasteiger partial charge in [0.2, 0.25) is 5.91 Å². The Bertz CT molecular complexity index is 1720. The number of allylic oxidation sites excluding steroid dienone is 1. The summed E-state index contributed by atoms with van der Waals surface area (Å²) in [5, 5.41) is 121. The molecule has 92 heavy (non-hydrogen) atoms. The Balaban J connectivity index is 1.35. The normalized spacial score (nSPS) is 27.7. The number of aliphatic hydroxyl groups is 11. The van der Waals surface area contributed by atoms with Crippen molar-refractivity contribution in [1.29, 1.82) is 0 Å². The smallest absolute Gasteiger partial charge is 0.220 e. The lowest BCUT2D eigenvalue weighted by Gasteiger charge is -2.48. The summed E-state index contributed by atoms with van der Waals surface area (Å²) in [4.78, 5) is 13.4. The number of ether oxygens (including phenoxy) is 6. The molecule has 3 saturated heterocycles. The molecule has 19 nitrogen and oxygen atoms in total. The van der Waals surface area contributed by atoms with E-state index < -0.39 is 124 Å². The lowest BCUT2D eigenvalue weighted by molar-refractivity contribution is -0.379. The first-order chi connectivity index (χ1) is 44.8. The van der Waals surface area contributed by atoms with E-state index in [0.717, 1.165) is 44.9 Å². The molecule has 17 atom stereocenters. The molecule has 1 amide bonds. The second kappa shape index (κ2) is 55.4. The van der Waals surface area contributed by atoms with Crippen molar-refractivity contribution < 1.29 is 89.4 Å². The van der Waals surface area contributed by atoms with Crippen molar-refractivity contribution in [3.8, 4) is 0 Å². The van der Waals surface area contributed by atoms with E-state index >= 15 is 0 Å². The molecule has 3 aliphatic heterocycles. The molecule has 12 N–H and O–H groups in total. The van der Waals surface area contributed by atoms with Crippen LogP contribution in [0.3, 0.4) is 0 Å². The number of carbonyl (C=O) groups excluding carboxylic acids is 1. The van der Waals surface area contributed by atoms with Crippen molar-refractivity contribution in [1.82, 2.24) is 5.32 Å². The van der Waals surface area contributed by atoms with Crippen molar-refractivity contribution in [2.24, 2.45) is 0 Å². The van der Waals surface area contributed by atoms with E-state index in [1.165, 1.54) is 244 Å². The molecule has 3 aliphatic rings. The van der Waals surface area contributed by atoms with Crippen molar-refractivity contribution in [3.05, 3.63) is 12.2 Å². The fraction of sp³-hybridized carbons (Fsp3) is 0.959. The van der Waals surface area contributed by atoms with Gasteiger partial charge >= 0.3 is 0 Å². The van der Waals surface area contributed by atoms with Crippen LogP contribution in [0.1, 0.15) is 316 Å². The summed E-state index contributed by atoms with van der Waals surface area (Å²) >= 11 is 0. The second-order valence-corrected chi connectivity index (χ2v) is 27.5. The SMILES string of the molecule is CCCCCCCCCCCCCCC/C=C/C(O)C(COC1OC(CO)C(OC2OC(CO)C(OC3OC(CO)C(O)C(O)C3O)C(O)C2O)C(O)C1O)NC(=O)CCCCCCCCCCCCCCCCCCCCCCCCCCCCCCCCCC. The van der Waals surface area contributed by atoms with E-state index in [-0.39, 0.29) is 18.9 Å². The summed E-state index contributed by atoms with van der Waals surface area (Å²) < 4.78 is 34.4. The summed E-state index contributed by atoms with van der Waals surface area (Å²) in [6, 6.07) is -0.968. The number of hydrogen-bond acceptors (Lipinski definition) is 18. The molecule has 17 unspecified atom stereocenters. The van der Waals surface area contributed by atoms with Crippen LogP contribution in [-0.2, 0) is 33.2 Å². The van der Waals surface area contributed by atoms with E-state index in [2.05, 4.69) is 19.2 Å². The highest BCUT2D eigenvalue weighted by atomic mass is 16.8. The van der Waals surface area contributed by atoms with E-state index in [9.17, 15) is 61.0 Å². The second-order valence-electron chi connectivity index (χ2n) is 27.5. The topological polar surface area (TPSA) is 307 Å². The van der Waals surface area contributed by atoms with Gasteiger partial charge in [-0.05, 0) is 19.3 Å². The maximum absolute atomic E-state index is 13.4. The molecule has 0 bridgehead atoms. The molecule has 3 fully saturated rings. The van der Waals surface area contributed by atoms with E-state index in [1.54, 1.807) is 6.08 Å². The van der Waals surface area contributed by atoms with E-state index in [1.807, 2.05) is 6.08 Å². The Morgan fingerprint density at radius 3 is 1.02 bits per heavy atom. The number of amides is 1. The number of hydrogen-bond donors (Lipinski definition) is 12. The van der Waals surface area contributed by atoms with Crippen LogP contribution < -0.4 is 5.32 Å². The third-order valence-electron chi connectivity index (χ3n) is 19.3. The molecule has 3 rings (SSSR count). The fourth-order valence-corrected chi connectivity index (χ4v) is 13.2. The average Bonchev–Trinajstić information content (AvgIpc) is 0.854. The van der Waals surface area contributed by atoms with Gasteiger partial charge in [-0.3, -0.25) is 4.79 Å². The Kier molecular flexibility index (Phi) is 51.0. The van der Waals surface area contributed by atoms with Crippen LogP contribution in [0.4, 0.5) is 0 Å². The van der Waals surface area contributed by atoms with Crippen LogP contribution in [0, 0.1) is 0 Å². The van der Waals surface area contributed by atoms with Crippen molar-refractivity contribution in [2.45, 2.75) is 420 Å². The summed E-state index contributed by atoms with van der Waals surface area (Å²) in [7, 11) is 0. The Morgan fingerprint density at radius 1 is 0.380 bits per heavy atom. The molecule has 0 aromatic carbocycles. The molecule has 544 valence electrons. The summed E-state index contributed by atoms with van der Waals surface area (Å²) in [5.74, 6) is -0.268. The highest BCUT2D eigenvalue weighted by molar-refractivity contribution is 5.76. The minimum absolute atomic E-state index is 0.250. The zero-order valence-corrected chi connectivity index (χ0v) is 57.8. The minimum Gasteiger partial charge on any atom is -0.394 e. The van der Waals surface area contributed by atoms with Gasteiger partial charge in [0.15, 0.2) is 18.9 Å². The first-order valence-electron chi connectivity index (χ1n) is 37.9. The van der Waals surface area contributed by atoms with Crippen molar-refractivity contribution >= 4 is 5.91 Å². The number of carbonyl (C=O) groups is 1. The van der Waals surface area contributed by atoms with Crippen LogP contribution in [-0.4, -0.2) is 193 Å². The lowest BCUT2D eigenvalue weighted by atomic mass is 9.96. The largest absolute Gasteiger partial charge is 0.394 e. The Hall–Kier alpha value is -1.47. The van der Waals surface area contributed by atoms with Crippen molar-refractivity contribution in [2.75, 3.05) is 26.4 Å². The quantitative estimate of drug-likeness (QED) is 0.0199. The maximum atomic E-state index is 13.4. The molecule has 0 spiro atoms. The van der Waals surface area contributed by atoms with Gasteiger partial charge < -0.3 is 89.9 Å². The summed E-state index contributed by atoms with van der Waals surface area (Å²) in [5.41, 5.74) is 0. The first kappa shape index (κ1) is 84.8. The zero-order chi connectivity index (χ0) is 66.8. The predicted molar refractivity (Wildman–Crippen MR) is 360 cm³/mol. The van der Waals surface area contributed by atoms with Gasteiger partial charge in [0.25, 0.3) is 0 Å². The molecule has 3 heterocycles. The number of rotatable bonds is 60. The van der Waals surface area contributed by atoms with Gasteiger partial charge in [-0.25, -0.2) is 0 Å². The van der Waals surface area contributed by atoms with Gasteiger partial charge in [-0.1, -0.05) is 302 Å². The average molecular weight is 1320 g/mol. The Labute approximate surface area is 556 Å². The molecule has 19 heteroatoms. The maximum Gasteiger partial charge on any atom is 0.220 e. The van der Waals surface area contributed by atoms with Crippen LogP contribution in [0.5, 0.6) is 0 Å². The third kappa shape index (κ3) is 36.4. The van der Waals surface area contributed by atoms with Crippen LogP contribution >= 0.6 is 0 Å². The molecule has 0 aromatic heterocycles. The number of unbranched alkanes of at least 4 members (excludes halogenated alkanes) is 44. The molecular formula is C73H139NO18. The number of aliphatic hydroxyl groups excluding tert-OH is 11. The van der Waals surface area contributed by atoms with Gasteiger partial charge in [-0.2, -0.15) is 0 Å². The van der Waals surface area contributed by atoms with Gasteiger partial charge in [0.05, 0.1) is 38.6 Å². The van der Waals surface area contributed by atoms with Crippen molar-refractivity contribution in [3.63, 3.8) is 0 Å². The highest BCUT2D eigenvalue weighted by Gasteiger charge is 2.53. The van der Waals surface area contributed by atoms with Gasteiger partial charge in [0, 0.05) is 6.42 Å². The standard InChI is InChI=1S/C73H139NO18/c1-3-5-7-9-11-13-15-17-19-20-21-22-23-24-25-26-27-28-29-30-31-32-33-34-35-37-39-41-43-45-47-49-51-61(79)74-56(57(78)50-48-46-44-42-40-38-36-18-16-14-12-10-8-6-4-2)55-87-71-67(85)64(82)69(59(53-76)89-71)92-73-68(86)65(83)70(60(54-77)90-73)91-72-66(84)63(81)62(80)58(52-75)88-72/h48,50,56-60,62-73,75-78,80-86H,3-47,49,51-55H2,1-2H3,(H,74,79)/b50-48+. The van der Waals surface area contributed by atoms with Crippen LogP contribution in [0.15, 0.2) is 12.2 Å². The van der Waals surface area contributed by atoms with Gasteiger partial charge in [-0.15, -0.1) is 0 Å². The molecule has 0 saturated carbocycles. The number of nitrogens with one attached hydrogen (secondary N) is 1. The van der Waals surface area contributed by atoms with E-state index in [4.69, 9.17) is 28.4 Å². The molecule has 0 aromatic rings. The first-order valence-corrected chi connectivity index (χ1v) is 37.9. The molecular weight excluding hydrogens is 1180 g/mol. The Morgan fingerprint density at radius 2 is 0.674 bits per heavy atom. The lowest BCUT2D eigenvalue weighted by Crippen LogP contribution is -2.66. The monoisotopic (exact) mass is 1320 g/mol. The van der Waals surface area contributed by atoms with Crippen LogP contribution in [0.2, 0.25) is 0 Å². The molecule has 0 radical (unpaired) electrons. The van der Waals surface area contributed by atoms with E-state index in [0.29, 0.717) is 6.42 Å². The van der Waals surface area contributed by atoms with Crippen LogP contribution in [0.25, 0.3) is 0 Å². The summed E-state index contributed by atoms with van der Waals surface area (Å²) in [6.07, 6.45) is 36.4. The third-order valence-corrected chi connectivity index (χ3v) is 19.3. The summed E-state index contributed by atoms with van der Waals surface area (Å²) in [6.45, 7) is 1.78. The highest BCUT2D eigenvalue weighted by Crippen LogP contribution is 2.33. The van der Waals surface area contributed by atoms with Gasteiger partial charge in [0.1, 0.15) is 73.2 Å². The minimum atomic E-state index is -1.98.